The molecule has 0 unspecified atom stereocenters. The molecule has 0 spiro atoms. The summed E-state index contributed by atoms with van der Waals surface area (Å²) >= 11 is 0. The molecule has 31 heavy (non-hydrogen) atoms. The average molecular weight is 436 g/mol. The zero-order chi connectivity index (χ0) is 22.0. The Bertz CT molecular complexity index is 1040. The normalized spacial score (nSPS) is 16.0. The summed E-state index contributed by atoms with van der Waals surface area (Å²) in [6.45, 7) is 2.06. The highest BCUT2D eigenvalue weighted by Gasteiger charge is 2.27. The first-order chi connectivity index (χ1) is 14.8. The number of alkyl halides is 3. The van der Waals surface area contributed by atoms with Gasteiger partial charge in [-0.25, -0.2) is 9.97 Å². The topological polar surface area (TPSA) is 77.3 Å². The lowest BCUT2D eigenvalue weighted by Crippen LogP contribution is -2.37. The molecule has 166 valence electrons. The number of halogens is 3. The van der Waals surface area contributed by atoms with Gasteiger partial charge in [-0.05, 0) is 18.6 Å². The van der Waals surface area contributed by atoms with Crippen molar-refractivity contribution in [2.24, 2.45) is 0 Å². The van der Waals surface area contributed by atoms with Gasteiger partial charge in [0, 0.05) is 44.6 Å². The van der Waals surface area contributed by atoms with Gasteiger partial charge in [-0.15, -0.1) is 0 Å². The van der Waals surface area contributed by atoms with Crippen molar-refractivity contribution in [1.29, 1.82) is 0 Å². The Hall–Kier alpha value is -3.08. The SMILES string of the molecule is C[C@H]1Cn2ccc3nc(NCc4ccc(OCCOCC(F)(F)F)nc4)nc(c32)N1C. The largest absolute Gasteiger partial charge is 0.475 e. The molecule has 0 saturated heterocycles. The van der Waals surface area contributed by atoms with E-state index < -0.39 is 12.8 Å². The van der Waals surface area contributed by atoms with Gasteiger partial charge < -0.3 is 24.3 Å². The van der Waals surface area contributed by atoms with E-state index >= 15 is 0 Å². The minimum atomic E-state index is -4.34. The summed E-state index contributed by atoms with van der Waals surface area (Å²) in [5.74, 6) is 1.74. The molecule has 1 N–H and O–H groups in total. The summed E-state index contributed by atoms with van der Waals surface area (Å²) in [7, 11) is 2.03. The maximum absolute atomic E-state index is 12.0. The molecule has 8 nitrogen and oxygen atoms in total. The van der Waals surface area contributed by atoms with Crippen LogP contribution in [0.1, 0.15) is 12.5 Å². The third kappa shape index (κ3) is 4.98. The molecule has 11 heteroatoms. The van der Waals surface area contributed by atoms with Crippen LogP contribution in [0, 0.1) is 0 Å². The third-order valence-electron chi connectivity index (χ3n) is 5.04. The van der Waals surface area contributed by atoms with Crippen LogP contribution < -0.4 is 15.0 Å². The molecule has 1 aliphatic heterocycles. The van der Waals surface area contributed by atoms with Crippen LogP contribution in [0.4, 0.5) is 24.9 Å². The molecule has 0 aliphatic carbocycles. The molecule has 0 radical (unpaired) electrons. The molecule has 1 aliphatic rings. The molecule has 4 heterocycles. The predicted molar refractivity (Wildman–Crippen MR) is 109 cm³/mol. The van der Waals surface area contributed by atoms with E-state index in [1.54, 1.807) is 12.3 Å². The second-order valence-electron chi connectivity index (χ2n) is 7.41. The van der Waals surface area contributed by atoms with E-state index in [1.165, 1.54) is 0 Å². The number of rotatable bonds is 8. The minimum absolute atomic E-state index is 0.0110. The van der Waals surface area contributed by atoms with Crippen LogP contribution in [-0.2, 0) is 17.8 Å². The molecule has 0 saturated carbocycles. The lowest BCUT2D eigenvalue weighted by molar-refractivity contribution is -0.175. The molecule has 1 atom stereocenters. The van der Waals surface area contributed by atoms with Gasteiger partial charge in [0.15, 0.2) is 5.82 Å². The van der Waals surface area contributed by atoms with Gasteiger partial charge in [0.25, 0.3) is 0 Å². The average Bonchev–Trinajstić information content (AvgIpc) is 3.13. The number of aromatic nitrogens is 4. The molecule has 0 aromatic carbocycles. The van der Waals surface area contributed by atoms with Crippen LogP contribution in [-0.4, -0.2) is 58.6 Å². The van der Waals surface area contributed by atoms with Crippen LogP contribution in [0.2, 0.25) is 0 Å². The Kier molecular flexibility index (Phi) is 5.86. The second kappa shape index (κ2) is 8.58. The van der Waals surface area contributed by atoms with Gasteiger partial charge in [0.05, 0.1) is 12.1 Å². The summed E-state index contributed by atoms with van der Waals surface area (Å²) < 4.78 is 48.0. The maximum atomic E-state index is 12.0. The fourth-order valence-electron chi connectivity index (χ4n) is 3.35. The number of nitrogens with zero attached hydrogens (tertiary/aromatic N) is 5. The Morgan fingerprint density at radius 1 is 1.19 bits per heavy atom. The highest BCUT2D eigenvalue weighted by Crippen LogP contribution is 2.31. The Balaban J connectivity index is 1.32. The van der Waals surface area contributed by atoms with E-state index in [1.807, 2.05) is 25.4 Å². The number of hydrogen-bond acceptors (Lipinski definition) is 7. The zero-order valence-electron chi connectivity index (χ0n) is 17.2. The standard InChI is InChI=1S/C20H23F3N6O2/c1-13-11-29-6-5-15-17(29)18(28(13)2)27-19(26-15)25-10-14-3-4-16(24-9-14)31-8-7-30-12-20(21,22)23/h3-6,9,13H,7-8,10-12H2,1-2H3,(H,25,26,27)/t13-/m0/s1. The van der Waals surface area contributed by atoms with E-state index in [0.29, 0.717) is 24.4 Å². The molecule has 3 aromatic rings. The first kappa shape index (κ1) is 21.2. The summed E-state index contributed by atoms with van der Waals surface area (Å²) in [4.78, 5) is 15.6. The van der Waals surface area contributed by atoms with Gasteiger partial charge in [-0.1, -0.05) is 6.07 Å². The highest BCUT2D eigenvalue weighted by atomic mass is 19.4. The van der Waals surface area contributed by atoms with Crippen LogP contribution in [0.5, 0.6) is 5.88 Å². The van der Waals surface area contributed by atoms with Crippen LogP contribution >= 0.6 is 0 Å². The minimum Gasteiger partial charge on any atom is -0.475 e. The zero-order valence-corrected chi connectivity index (χ0v) is 17.2. The molecule has 4 rings (SSSR count). The van der Waals surface area contributed by atoms with Crippen molar-refractivity contribution in [3.05, 3.63) is 36.2 Å². The lowest BCUT2D eigenvalue weighted by Gasteiger charge is -2.32. The van der Waals surface area contributed by atoms with E-state index in [2.05, 4.69) is 41.4 Å². The van der Waals surface area contributed by atoms with Crippen LogP contribution in [0.15, 0.2) is 30.6 Å². The Morgan fingerprint density at radius 2 is 2.03 bits per heavy atom. The summed E-state index contributed by atoms with van der Waals surface area (Å²) in [6, 6.07) is 5.80. The quantitative estimate of drug-likeness (QED) is 0.543. The van der Waals surface area contributed by atoms with E-state index in [4.69, 9.17) is 4.74 Å². The van der Waals surface area contributed by atoms with Crippen molar-refractivity contribution in [1.82, 2.24) is 19.5 Å². The van der Waals surface area contributed by atoms with E-state index in [9.17, 15) is 13.2 Å². The lowest BCUT2D eigenvalue weighted by atomic mass is 10.2. The summed E-state index contributed by atoms with van der Waals surface area (Å²) in [5, 5.41) is 3.22. The van der Waals surface area contributed by atoms with Gasteiger partial charge >= 0.3 is 6.18 Å². The third-order valence-corrected chi connectivity index (χ3v) is 5.04. The Labute approximate surface area is 177 Å². The first-order valence-corrected chi connectivity index (χ1v) is 9.86. The van der Waals surface area contributed by atoms with Crippen molar-refractivity contribution in [3.63, 3.8) is 0 Å². The number of anilines is 2. The second-order valence-corrected chi connectivity index (χ2v) is 7.41. The number of pyridine rings is 1. The van der Waals surface area contributed by atoms with Crippen molar-refractivity contribution >= 4 is 22.8 Å². The van der Waals surface area contributed by atoms with Crippen molar-refractivity contribution < 1.29 is 22.6 Å². The number of nitrogens with one attached hydrogen (secondary N) is 1. The monoisotopic (exact) mass is 436 g/mol. The molecule has 3 aromatic heterocycles. The molecular formula is C20H23F3N6O2. The smallest absolute Gasteiger partial charge is 0.411 e. The number of likely N-dealkylation sites (N-methyl/N-ethyl adjacent to an activating group) is 1. The summed E-state index contributed by atoms with van der Waals surface area (Å²) in [5.41, 5.74) is 2.81. The predicted octanol–water partition coefficient (Wildman–Crippen LogP) is 3.23. The van der Waals surface area contributed by atoms with Crippen molar-refractivity contribution in [3.8, 4) is 5.88 Å². The highest BCUT2D eigenvalue weighted by molar-refractivity contribution is 5.89. The van der Waals surface area contributed by atoms with Gasteiger partial charge in [0.1, 0.15) is 18.7 Å². The molecule has 0 amide bonds. The molecule has 0 bridgehead atoms. The fourth-order valence-corrected chi connectivity index (χ4v) is 3.35. The van der Waals surface area contributed by atoms with Gasteiger partial charge in [-0.3, -0.25) is 0 Å². The van der Waals surface area contributed by atoms with Crippen LogP contribution in [0.25, 0.3) is 11.0 Å². The van der Waals surface area contributed by atoms with Gasteiger partial charge in [0.2, 0.25) is 11.8 Å². The van der Waals surface area contributed by atoms with E-state index in [-0.39, 0.29) is 13.2 Å². The van der Waals surface area contributed by atoms with E-state index in [0.717, 1.165) is 29.0 Å². The van der Waals surface area contributed by atoms with Crippen molar-refractivity contribution in [2.45, 2.75) is 32.2 Å². The van der Waals surface area contributed by atoms with Crippen molar-refractivity contribution in [2.75, 3.05) is 37.1 Å². The van der Waals surface area contributed by atoms with Crippen LogP contribution in [0.3, 0.4) is 0 Å². The fraction of sp³-hybridized carbons (Fsp3) is 0.450. The summed E-state index contributed by atoms with van der Waals surface area (Å²) in [6.07, 6.45) is -0.671. The maximum Gasteiger partial charge on any atom is 0.411 e. The Morgan fingerprint density at radius 3 is 2.77 bits per heavy atom. The van der Waals surface area contributed by atoms with Gasteiger partial charge in [-0.2, -0.15) is 18.2 Å². The number of hydrogen-bond donors (Lipinski definition) is 1. The molecule has 0 fully saturated rings. The first-order valence-electron chi connectivity index (χ1n) is 9.86. The molecular weight excluding hydrogens is 413 g/mol. The number of ether oxygens (including phenoxy) is 2.